The first-order valence-corrected chi connectivity index (χ1v) is 5.67. The molecule has 1 N–H and O–H groups in total. The molecule has 1 unspecified atom stereocenters. The van der Waals surface area contributed by atoms with Gasteiger partial charge in [0.05, 0.1) is 18.7 Å². The van der Waals surface area contributed by atoms with Crippen LogP contribution in [0, 0.1) is 17.1 Å². The molecular formula is C15H12FNO2. The van der Waals surface area contributed by atoms with Gasteiger partial charge in [-0.05, 0) is 29.8 Å². The summed E-state index contributed by atoms with van der Waals surface area (Å²) in [5, 5.41) is 19.0. The molecule has 0 heterocycles. The number of hydrogen-bond acceptors (Lipinski definition) is 3. The van der Waals surface area contributed by atoms with E-state index in [9.17, 15) is 9.50 Å². The highest BCUT2D eigenvalue weighted by Crippen LogP contribution is 2.27. The predicted molar refractivity (Wildman–Crippen MR) is 68.2 cm³/mol. The Morgan fingerprint density at radius 1 is 1.26 bits per heavy atom. The minimum Gasteiger partial charge on any atom is -0.497 e. The first kappa shape index (κ1) is 13.1. The topological polar surface area (TPSA) is 53.2 Å². The molecule has 0 saturated carbocycles. The van der Waals surface area contributed by atoms with Crippen LogP contribution in [-0.4, -0.2) is 12.2 Å². The molecule has 0 bridgehead atoms. The summed E-state index contributed by atoms with van der Waals surface area (Å²) in [4.78, 5) is 0. The van der Waals surface area contributed by atoms with E-state index in [1.807, 2.05) is 6.07 Å². The average molecular weight is 257 g/mol. The van der Waals surface area contributed by atoms with E-state index in [0.717, 1.165) is 0 Å². The number of nitrogens with zero attached hydrogens (tertiary/aromatic N) is 1. The second-order valence-corrected chi connectivity index (χ2v) is 4.03. The molecule has 0 aliphatic rings. The molecule has 0 aliphatic heterocycles. The zero-order valence-electron chi connectivity index (χ0n) is 10.3. The highest BCUT2D eigenvalue weighted by atomic mass is 19.1. The van der Waals surface area contributed by atoms with Crippen molar-refractivity contribution in [2.24, 2.45) is 0 Å². The third-order valence-electron chi connectivity index (χ3n) is 2.83. The lowest BCUT2D eigenvalue weighted by Crippen LogP contribution is -2.03. The summed E-state index contributed by atoms with van der Waals surface area (Å²) >= 11 is 0. The fraction of sp³-hybridized carbons (Fsp3) is 0.133. The standard InChI is InChI=1S/C15H12FNO2/c1-19-12-5-6-13(14(16)8-12)15(18)11-4-2-3-10(7-11)9-17/h2-8,15,18H,1H3. The van der Waals surface area contributed by atoms with Gasteiger partial charge in [0.25, 0.3) is 0 Å². The monoisotopic (exact) mass is 257 g/mol. The molecule has 0 aliphatic carbocycles. The Morgan fingerprint density at radius 3 is 2.68 bits per heavy atom. The molecule has 4 heteroatoms. The molecule has 2 aromatic carbocycles. The first-order valence-electron chi connectivity index (χ1n) is 5.67. The van der Waals surface area contributed by atoms with E-state index in [1.54, 1.807) is 24.3 Å². The van der Waals surface area contributed by atoms with Gasteiger partial charge in [0.1, 0.15) is 17.7 Å². The number of nitriles is 1. The van der Waals surface area contributed by atoms with Crippen molar-refractivity contribution in [1.82, 2.24) is 0 Å². The molecule has 2 rings (SSSR count). The molecule has 2 aromatic rings. The Hall–Kier alpha value is -2.38. The molecule has 1 atom stereocenters. The Bertz CT molecular complexity index is 634. The Balaban J connectivity index is 2.38. The summed E-state index contributed by atoms with van der Waals surface area (Å²) in [5.41, 5.74) is 1.05. The van der Waals surface area contributed by atoms with Gasteiger partial charge >= 0.3 is 0 Å². The molecule has 0 amide bonds. The van der Waals surface area contributed by atoms with Crippen LogP contribution in [0.5, 0.6) is 5.75 Å². The van der Waals surface area contributed by atoms with Gasteiger partial charge in [-0.2, -0.15) is 5.26 Å². The van der Waals surface area contributed by atoms with Gasteiger partial charge in [-0.3, -0.25) is 0 Å². The maximum Gasteiger partial charge on any atom is 0.133 e. The molecule has 0 radical (unpaired) electrons. The molecular weight excluding hydrogens is 245 g/mol. The van der Waals surface area contributed by atoms with E-state index in [4.69, 9.17) is 10.00 Å². The van der Waals surface area contributed by atoms with Crippen molar-refractivity contribution >= 4 is 0 Å². The number of aliphatic hydroxyl groups is 1. The number of halogens is 1. The fourth-order valence-electron chi connectivity index (χ4n) is 1.81. The van der Waals surface area contributed by atoms with E-state index in [2.05, 4.69) is 0 Å². The summed E-state index contributed by atoms with van der Waals surface area (Å²) in [6.45, 7) is 0. The van der Waals surface area contributed by atoms with Gasteiger partial charge < -0.3 is 9.84 Å². The quantitative estimate of drug-likeness (QED) is 0.919. The summed E-state index contributed by atoms with van der Waals surface area (Å²) in [6.07, 6.45) is -1.11. The van der Waals surface area contributed by atoms with Gasteiger partial charge in [-0.1, -0.05) is 12.1 Å². The van der Waals surface area contributed by atoms with Crippen LogP contribution in [0.4, 0.5) is 4.39 Å². The van der Waals surface area contributed by atoms with Gasteiger partial charge in [0, 0.05) is 11.6 Å². The van der Waals surface area contributed by atoms with Crippen molar-refractivity contribution in [3.05, 3.63) is 65.0 Å². The third kappa shape index (κ3) is 2.72. The second-order valence-electron chi connectivity index (χ2n) is 4.03. The zero-order valence-corrected chi connectivity index (χ0v) is 10.3. The SMILES string of the molecule is COc1ccc(C(O)c2cccc(C#N)c2)c(F)c1. The smallest absolute Gasteiger partial charge is 0.133 e. The van der Waals surface area contributed by atoms with E-state index in [1.165, 1.54) is 25.3 Å². The zero-order chi connectivity index (χ0) is 13.8. The largest absolute Gasteiger partial charge is 0.497 e. The summed E-state index contributed by atoms with van der Waals surface area (Å²) in [5.74, 6) is -0.159. The molecule has 19 heavy (non-hydrogen) atoms. The van der Waals surface area contributed by atoms with Gasteiger partial charge in [0.2, 0.25) is 0 Å². The average Bonchev–Trinajstić information content (AvgIpc) is 2.46. The highest BCUT2D eigenvalue weighted by molar-refractivity contribution is 5.39. The third-order valence-corrected chi connectivity index (χ3v) is 2.83. The predicted octanol–water partition coefficient (Wildman–Crippen LogP) is 2.79. The van der Waals surface area contributed by atoms with E-state index in [0.29, 0.717) is 16.9 Å². The van der Waals surface area contributed by atoms with Crippen molar-refractivity contribution in [2.45, 2.75) is 6.10 Å². The number of benzene rings is 2. The number of methoxy groups -OCH3 is 1. The van der Waals surface area contributed by atoms with E-state index < -0.39 is 11.9 Å². The maximum absolute atomic E-state index is 13.9. The van der Waals surface area contributed by atoms with Crippen LogP contribution in [-0.2, 0) is 0 Å². The Kier molecular flexibility index (Phi) is 3.79. The minimum absolute atomic E-state index is 0.149. The van der Waals surface area contributed by atoms with Crippen molar-refractivity contribution in [2.75, 3.05) is 7.11 Å². The van der Waals surface area contributed by atoms with E-state index in [-0.39, 0.29) is 5.56 Å². The van der Waals surface area contributed by atoms with Crippen molar-refractivity contribution < 1.29 is 14.2 Å². The highest BCUT2D eigenvalue weighted by Gasteiger charge is 2.16. The summed E-state index contributed by atoms with van der Waals surface area (Å²) in [6, 6.07) is 12.7. The lowest BCUT2D eigenvalue weighted by molar-refractivity contribution is 0.214. The van der Waals surface area contributed by atoms with Crippen LogP contribution in [0.1, 0.15) is 22.8 Å². The first-order chi connectivity index (χ1) is 9.15. The lowest BCUT2D eigenvalue weighted by atomic mass is 9.99. The second kappa shape index (κ2) is 5.51. The van der Waals surface area contributed by atoms with Crippen molar-refractivity contribution in [3.8, 4) is 11.8 Å². The number of aliphatic hydroxyl groups excluding tert-OH is 1. The Labute approximate surface area is 110 Å². The molecule has 96 valence electrons. The van der Waals surface area contributed by atoms with Gasteiger partial charge in [0.15, 0.2) is 0 Å². The van der Waals surface area contributed by atoms with Gasteiger partial charge in [-0.15, -0.1) is 0 Å². The van der Waals surface area contributed by atoms with Gasteiger partial charge in [-0.25, -0.2) is 4.39 Å². The fourth-order valence-corrected chi connectivity index (χ4v) is 1.81. The molecule has 0 spiro atoms. The summed E-state index contributed by atoms with van der Waals surface area (Å²) in [7, 11) is 1.45. The Morgan fingerprint density at radius 2 is 2.05 bits per heavy atom. The van der Waals surface area contributed by atoms with Crippen LogP contribution >= 0.6 is 0 Å². The molecule has 0 saturated heterocycles. The summed E-state index contributed by atoms with van der Waals surface area (Å²) < 4.78 is 18.8. The molecule has 3 nitrogen and oxygen atoms in total. The van der Waals surface area contributed by atoms with Crippen LogP contribution in [0.25, 0.3) is 0 Å². The van der Waals surface area contributed by atoms with Crippen molar-refractivity contribution in [3.63, 3.8) is 0 Å². The van der Waals surface area contributed by atoms with Crippen LogP contribution in [0.3, 0.4) is 0 Å². The van der Waals surface area contributed by atoms with Crippen LogP contribution < -0.4 is 4.74 Å². The minimum atomic E-state index is -1.11. The molecule has 0 aromatic heterocycles. The lowest BCUT2D eigenvalue weighted by Gasteiger charge is -2.13. The maximum atomic E-state index is 13.9. The van der Waals surface area contributed by atoms with Crippen LogP contribution in [0.2, 0.25) is 0 Å². The van der Waals surface area contributed by atoms with Crippen LogP contribution in [0.15, 0.2) is 42.5 Å². The normalized spacial score (nSPS) is 11.7. The number of hydrogen-bond donors (Lipinski definition) is 1. The number of ether oxygens (including phenoxy) is 1. The molecule has 0 fully saturated rings. The number of rotatable bonds is 3. The van der Waals surface area contributed by atoms with E-state index >= 15 is 0 Å². The van der Waals surface area contributed by atoms with Crippen molar-refractivity contribution in [1.29, 1.82) is 5.26 Å².